The van der Waals surface area contributed by atoms with Gasteiger partial charge in [-0.3, -0.25) is 4.79 Å². The van der Waals surface area contributed by atoms with E-state index in [4.69, 9.17) is 16.3 Å². The molecular formula is C23H28ClN3O3. The quantitative estimate of drug-likeness (QED) is 0.689. The van der Waals surface area contributed by atoms with E-state index in [-0.39, 0.29) is 17.9 Å². The molecule has 2 aromatic rings. The average Bonchev–Trinajstić information content (AvgIpc) is 3.17. The zero-order valence-electron chi connectivity index (χ0n) is 17.6. The van der Waals surface area contributed by atoms with Crippen LogP contribution in [0, 0.1) is 5.92 Å². The molecule has 160 valence electrons. The van der Waals surface area contributed by atoms with E-state index >= 15 is 0 Å². The first-order valence-corrected chi connectivity index (χ1v) is 10.5. The number of hydrogen-bond acceptors (Lipinski definition) is 4. The summed E-state index contributed by atoms with van der Waals surface area (Å²) in [5.41, 5.74) is 2.04. The number of benzene rings is 2. The van der Waals surface area contributed by atoms with E-state index in [9.17, 15) is 9.59 Å². The first-order valence-electron chi connectivity index (χ1n) is 10.1. The molecule has 0 radical (unpaired) electrons. The average molecular weight is 430 g/mol. The Labute approximate surface area is 182 Å². The number of hydrogen-bond donors (Lipinski definition) is 2. The molecule has 30 heavy (non-hydrogen) atoms. The van der Waals surface area contributed by atoms with Crippen molar-refractivity contribution in [3.8, 4) is 0 Å². The van der Waals surface area contributed by atoms with E-state index in [1.165, 1.54) is 0 Å². The number of carbonyl (C=O) groups excluding carboxylic acids is 2. The monoisotopic (exact) mass is 429 g/mol. The smallest absolute Gasteiger partial charge is 0.410 e. The Kier molecular flexibility index (Phi) is 6.87. The highest BCUT2D eigenvalue weighted by atomic mass is 35.5. The van der Waals surface area contributed by atoms with Crippen LogP contribution >= 0.6 is 11.6 Å². The minimum absolute atomic E-state index is 0.123. The molecule has 0 saturated carbocycles. The van der Waals surface area contributed by atoms with Gasteiger partial charge in [-0.05, 0) is 51.0 Å². The molecule has 3 rings (SSSR count). The maximum absolute atomic E-state index is 12.6. The molecule has 1 unspecified atom stereocenters. The standard InChI is InChI=1S/C23H28ClN3O3/c1-23(2,3)30-22(29)27-12-11-17(15-27)21(28)26-18-9-10-20(19(24)13-18)25-14-16-7-5-4-6-8-16/h4-10,13,17,25H,11-12,14-15H2,1-3H3,(H,26,28). The summed E-state index contributed by atoms with van der Waals surface area (Å²) in [6.45, 7) is 7.00. The minimum atomic E-state index is -0.551. The van der Waals surface area contributed by atoms with Crippen LogP contribution in [0.15, 0.2) is 48.5 Å². The molecule has 0 bridgehead atoms. The predicted molar refractivity (Wildman–Crippen MR) is 120 cm³/mol. The predicted octanol–water partition coefficient (Wildman–Crippen LogP) is 5.15. The van der Waals surface area contributed by atoms with Crippen molar-refractivity contribution in [3.63, 3.8) is 0 Å². The number of nitrogens with one attached hydrogen (secondary N) is 2. The molecule has 1 saturated heterocycles. The fourth-order valence-electron chi connectivity index (χ4n) is 3.24. The van der Waals surface area contributed by atoms with Gasteiger partial charge in [0.05, 0.1) is 16.6 Å². The Morgan fingerprint density at radius 3 is 2.57 bits per heavy atom. The molecule has 6 nitrogen and oxygen atoms in total. The lowest BCUT2D eigenvalue weighted by atomic mass is 10.1. The highest BCUT2D eigenvalue weighted by Gasteiger charge is 2.33. The van der Waals surface area contributed by atoms with Gasteiger partial charge in [-0.25, -0.2) is 4.79 Å². The van der Waals surface area contributed by atoms with E-state index < -0.39 is 5.60 Å². The van der Waals surface area contributed by atoms with Crippen LogP contribution in [0.5, 0.6) is 0 Å². The summed E-state index contributed by atoms with van der Waals surface area (Å²) in [5.74, 6) is -0.394. The number of nitrogens with zero attached hydrogens (tertiary/aromatic N) is 1. The molecule has 2 aromatic carbocycles. The van der Waals surface area contributed by atoms with E-state index in [1.807, 2.05) is 63.2 Å². The number of amides is 2. The minimum Gasteiger partial charge on any atom is -0.444 e. The Bertz CT molecular complexity index is 896. The number of halogens is 1. The molecule has 2 amide bonds. The van der Waals surface area contributed by atoms with Crippen LogP contribution in [0.3, 0.4) is 0 Å². The number of likely N-dealkylation sites (tertiary alicyclic amines) is 1. The fourth-order valence-corrected chi connectivity index (χ4v) is 3.49. The van der Waals surface area contributed by atoms with Crippen molar-refractivity contribution in [1.29, 1.82) is 0 Å². The largest absolute Gasteiger partial charge is 0.444 e. The van der Waals surface area contributed by atoms with Gasteiger partial charge < -0.3 is 20.3 Å². The van der Waals surface area contributed by atoms with E-state index in [1.54, 1.807) is 11.0 Å². The van der Waals surface area contributed by atoms with Crippen molar-refractivity contribution in [2.24, 2.45) is 5.92 Å². The highest BCUT2D eigenvalue weighted by Crippen LogP contribution is 2.27. The van der Waals surface area contributed by atoms with Crippen LogP contribution in [0.4, 0.5) is 16.2 Å². The van der Waals surface area contributed by atoms with Crippen LogP contribution in [0.2, 0.25) is 5.02 Å². The molecule has 0 aromatic heterocycles. The Morgan fingerprint density at radius 1 is 1.17 bits per heavy atom. The van der Waals surface area contributed by atoms with Crippen LogP contribution in [0.1, 0.15) is 32.8 Å². The van der Waals surface area contributed by atoms with Crippen molar-refractivity contribution >= 4 is 35.0 Å². The lowest BCUT2D eigenvalue weighted by molar-refractivity contribution is -0.119. The van der Waals surface area contributed by atoms with Gasteiger partial charge in [0, 0.05) is 25.3 Å². The second-order valence-corrected chi connectivity index (χ2v) is 8.84. The number of rotatable bonds is 5. The zero-order chi connectivity index (χ0) is 21.7. The lowest BCUT2D eigenvalue weighted by Gasteiger charge is -2.24. The molecule has 0 aliphatic carbocycles. The Hall–Kier alpha value is -2.73. The van der Waals surface area contributed by atoms with Gasteiger partial charge in [0.2, 0.25) is 5.91 Å². The number of carbonyl (C=O) groups is 2. The second kappa shape index (κ2) is 9.39. The zero-order valence-corrected chi connectivity index (χ0v) is 18.3. The van der Waals surface area contributed by atoms with Crippen molar-refractivity contribution in [1.82, 2.24) is 4.90 Å². The maximum Gasteiger partial charge on any atom is 0.410 e. The summed E-state index contributed by atoms with van der Waals surface area (Å²) in [7, 11) is 0. The summed E-state index contributed by atoms with van der Waals surface area (Å²) in [6.07, 6.45) is 0.227. The maximum atomic E-state index is 12.6. The summed E-state index contributed by atoms with van der Waals surface area (Å²) < 4.78 is 5.38. The van der Waals surface area contributed by atoms with Crippen LogP contribution in [-0.2, 0) is 16.1 Å². The van der Waals surface area contributed by atoms with Gasteiger partial charge in [-0.1, -0.05) is 41.9 Å². The third kappa shape index (κ3) is 6.13. The van der Waals surface area contributed by atoms with Crippen molar-refractivity contribution in [3.05, 3.63) is 59.1 Å². The molecule has 7 heteroatoms. The highest BCUT2D eigenvalue weighted by molar-refractivity contribution is 6.33. The van der Waals surface area contributed by atoms with Gasteiger partial charge in [-0.2, -0.15) is 0 Å². The van der Waals surface area contributed by atoms with Gasteiger partial charge in [0.15, 0.2) is 0 Å². The molecule has 2 N–H and O–H groups in total. The fraction of sp³-hybridized carbons (Fsp3) is 0.391. The molecule has 1 atom stereocenters. The third-order valence-electron chi connectivity index (χ3n) is 4.77. The van der Waals surface area contributed by atoms with Crippen molar-refractivity contribution in [2.45, 2.75) is 39.3 Å². The van der Waals surface area contributed by atoms with E-state index in [2.05, 4.69) is 10.6 Å². The van der Waals surface area contributed by atoms with Crippen molar-refractivity contribution in [2.75, 3.05) is 23.7 Å². The van der Waals surface area contributed by atoms with Gasteiger partial charge in [0.25, 0.3) is 0 Å². The number of anilines is 2. The SMILES string of the molecule is CC(C)(C)OC(=O)N1CCC(C(=O)Nc2ccc(NCc3ccccc3)c(Cl)c2)C1. The summed E-state index contributed by atoms with van der Waals surface area (Å²) >= 11 is 6.38. The summed E-state index contributed by atoms with van der Waals surface area (Å²) in [6, 6.07) is 15.4. The first-order chi connectivity index (χ1) is 14.2. The van der Waals surface area contributed by atoms with Crippen LogP contribution in [0.25, 0.3) is 0 Å². The molecule has 1 aliphatic heterocycles. The lowest BCUT2D eigenvalue weighted by Crippen LogP contribution is -2.36. The van der Waals surface area contributed by atoms with E-state index in [0.717, 1.165) is 11.3 Å². The third-order valence-corrected chi connectivity index (χ3v) is 5.09. The molecular weight excluding hydrogens is 402 g/mol. The number of ether oxygens (including phenoxy) is 1. The Morgan fingerprint density at radius 2 is 1.90 bits per heavy atom. The first kappa shape index (κ1) is 22.0. The van der Waals surface area contributed by atoms with E-state index in [0.29, 0.717) is 36.8 Å². The topological polar surface area (TPSA) is 70.7 Å². The van der Waals surface area contributed by atoms with Gasteiger partial charge in [0.1, 0.15) is 5.60 Å². The molecule has 1 heterocycles. The molecule has 1 aliphatic rings. The van der Waals surface area contributed by atoms with Gasteiger partial charge >= 0.3 is 6.09 Å². The van der Waals surface area contributed by atoms with Crippen LogP contribution < -0.4 is 10.6 Å². The summed E-state index contributed by atoms with van der Waals surface area (Å²) in [4.78, 5) is 26.4. The Balaban J connectivity index is 1.53. The van der Waals surface area contributed by atoms with Crippen LogP contribution in [-0.4, -0.2) is 35.6 Å². The molecule has 0 spiro atoms. The second-order valence-electron chi connectivity index (χ2n) is 8.43. The molecule has 1 fully saturated rings. The van der Waals surface area contributed by atoms with Crippen molar-refractivity contribution < 1.29 is 14.3 Å². The normalized spacial score (nSPS) is 16.3. The summed E-state index contributed by atoms with van der Waals surface area (Å²) in [5, 5.41) is 6.74. The van der Waals surface area contributed by atoms with Gasteiger partial charge in [-0.15, -0.1) is 0 Å².